The highest BCUT2D eigenvalue weighted by atomic mass is 32.2. The summed E-state index contributed by atoms with van der Waals surface area (Å²) in [4.78, 5) is 22.9. The summed E-state index contributed by atoms with van der Waals surface area (Å²) in [5, 5.41) is 22.7. The largest absolute Gasteiger partial charge is 0.508 e. The maximum absolute atomic E-state index is 11.8. The number of para-hydroxylation sites is 2. The Bertz CT molecular complexity index is 676. The molecule has 0 radical (unpaired) electrons. The molecule has 2 N–H and O–H groups in total. The number of hydrogen-bond acceptors (Lipinski definition) is 5. The van der Waals surface area contributed by atoms with Crippen LogP contribution in [0.25, 0.3) is 0 Å². The van der Waals surface area contributed by atoms with E-state index in [9.17, 15) is 20.0 Å². The van der Waals surface area contributed by atoms with Crippen molar-refractivity contribution in [3.8, 4) is 5.75 Å². The lowest BCUT2D eigenvalue weighted by atomic mass is 10.2. The van der Waals surface area contributed by atoms with Crippen LogP contribution in [-0.4, -0.2) is 21.7 Å². The zero-order chi connectivity index (χ0) is 15.2. The fourth-order valence-electron chi connectivity index (χ4n) is 1.65. The fraction of sp³-hybridized carbons (Fsp3) is 0.0714. The maximum atomic E-state index is 11.8. The van der Waals surface area contributed by atoms with Crippen molar-refractivity contribution >= 4 is 29.0 Å². The second kappa shape index (κ2) is 6.76. The molecule has 2 aromatic carbocycles. The van der Waals surface area contributed by atoms with Crippen LogP contribution in [0, 0.1) is 10.1 Å². The number of carbonyl (C=O) groups is 1. The molecule has 0 heterocycles. The van der Waals surface area contributed by atoms with Gasteiger partial charge in [-0.2, -0.15) is 0 Å². The molecule has 2 aromatic rings. The third kappa shape index (κ3) is 4.22. The number of benzene rings is 2. The number of carbonyl (C=O) groups excluding carboxylic acids is 1. The number of anilines is 1. The summed E-state index contributed by atoms with van der Waals surface area (Å²) in [6.45, 7) is 0. The Kier molecular flexibility index (Phi) is 4.78. The van der Waals surface area contributed by atoms with Crippen LogP contribution in [0.2, 0.25) is 0 Å². The van der Waals surface area contributed by atoms with Gasteiger partial charge >= 0.3 is 0 Å². The monoisotopic (exact) mass is 304 g/mol. The van der Waals surface area contributed by atoms with E-state index in [-0.39, 0.29) is 28.8 Å². The summed E-state index contributed by atoms with van der Waals surface area (Å²) < 4.78 is 0. The number of nitro benzene ring substituents is 1. The molecule has 0 aliphatic heterocycles. The van der Waals surface area contributed by atoms with E-state index in [0.717, 1.165) is 4.90 Å². The Hall–Kier alpha value is -2.54. The molecule has 0 saturated carbocycles. The summed E-state index contributed by atoms with van der Waals surface area (Å²) in [5.74, 6) is -0.132. The van der Waals surface area contributed by atoms with E-state index in [1.54, 1.807) is 24.3 Å². The van der Waals surface area contributed by atoms with E-state index in [1.165, 1.54) is 36.0 Å². The number of amides is 1. The first kappa shape index (κ1) is 14.9. The number of thioether (sulfide) groups is 1. The molecule has 0 aliphatic carbocycles. The molecule has 0 bridgehead atoms. The van der Waals surface area contributed by atoms with Gasteiger partial charge in [0.05, 0.1) is 10.7 Å². The normalized spacial score (nSPS) is 10.1. The highest BCUT2D eigenvalue weighted by molar-refractivity contribution is 8.00. The smallest absolute Gasteiger partial charge is 0.292 e. The van der Waals surface area contributed by atoms with Gasteiger partial charge < -0.3 is 10.4 Å². The van der Waals surface area contributed by atoms with Gasteiger partial charge in [0.2, 0.25) is 5.91 Å². The van der Waals surface area contributed by atoms with Gasteiger partial charge in [-0.15, -0.1) is 11.8 Å². The van der Waals surface area contributed by atoms with E-state index >= 15 is 0 Å². The van der Waals surface area contributed by atoms with Crippen molar-refractivity contribution < 1.29 is 14.8 Å². The van der Waals surface area contributed by atoms with Gasteiger partial charge in [0.25, 0.3) is 5.69 Å². The minimum absolute atomic E-state index is 0.0928. The van der Waals surface area contributed by atoms with Gasteiger partial charge in [-0.05, 0) is 24.3 Å². The van der Waals surface area contributed by atoms with Crippen molar-refractivity contribution in [2.24, 2.45) is 0 Å². The van der Waals surface area contributed by atoms with Crippen molar-refractivity contribution in [3.63, 3.8) is 0 Å². The first-order valence-corrected chi connectivity index (χ1v) is 7.00. The molecule has 0 aliphatic rings. The zero-order valence-corrected chi connectivity index (χ0v) is 11.7. The molecule has 2 rings (SSSR count). The SMILES string of the molecule is O=C(CSc1cccc(O)c1)Nc1ccccc1[N+](=O)[O-]. The van der Waals surface area contributed by atoms with Crippen molar-refractivity contribution in [2.45, 2.75) is 4.90 Å². The first-order chi connectivity index (χ1) is 10.1. The van der Waals surface area contributed by atoms with Crippen molar-refractivity contribution in [2.75, 3.05) is 11.1 Å². The van der Waals surface area contributed by atoms with Gasteiger partial charge in [-0.25, -0.2) is 0 Å². The number of nitro groups is 1. The highest BCUT2D eigenvalue weighted by Gasteiger charge is 2.14. The topological polar surface area (TPSA) is 92.5 Å². The molecule has 1 amide bonds. The molecule has 0 atom stereocenters. The zero-order valence-electron chi connectivity index (χ0n) is 10.9. The Morgan fingerprint density at radius 2 is 2.00 bits per heavy atom. The summed E-state index contributed by atoms with van der Waals surface area (Å²) in [5.41, 5.74) is 0.0252. The molecule has 6 nitrogen and oxygen atoms in total. The van der Waals surface area contributed by atoms with Crippen LogP contribution >= 0.6 is 11.8 Å². The predicted octanol–water partition coefficient (Wildman–Crippen LogP) is 3.03. The Morgan fingerprint density at radius 1 is 1.24 bits per heavy atom. The molecule has 108 valence electrons. The van der Waals surface area contributed by atoms with Crippen LogP contribution < -0.4 is 5.32 Å². The fourth-order valence-corrected chi connectivity index (χ4v) is 2.40. The number of nitrogens with zero attached hydrogens (tertiary/aromatic N) is 1. The highest BCUT2D eigenvalue weighted by Crippen LogP contribution is 2.25. The summed E-state index contributed by atoms with van der Waals surface area (Å²) in [6, 6.07) is 12.5. The third-order valence-electron chi connectivity index (χ3n) is 2.56. The van der Waals surface area contributed by atoms with Crippen LogP contribution in [0.15, 0.2) is 53.4 Å². The Labute approximate surface area is 125 Å². The quantitative estimate of drug-likeness (QED) is 0.503. The third-order valence-corrected chi connectivity index (χ3v) is 3.56. The second-order valence-electron chi connectivity index (χ2n) is 4.11. The van der Waals surface area contributed by atoms with E-state index in [2.05, 4.69) is 5.32 Å². The van der Waals surface area contributed by atoms with E-state index in [1.807, 2.05) is 0 Å². The second-order valence-corrected chi connectivity index (χ2v) is 5.16. The number of hydrogen-bond donors (Lipinski definition) is 2. The Morgan fingerprint density at radius 3 is 2.71 bits per heavy atom. The standard InChI is InChI=1S/C14H12N2O4S/c17-10-4-3-5-11(8-10)21-9-14(18)15-12-6-1-2-7-13(12)16(19)20/h1-8,17H,9H2,(H,15,18). The number of phenols is 1. The van der Waals surface area contributed by atoms with Gasteiger partial charge in [0.1, 0.15) is 11.4 Å². The number of rotatable bonds is 5. The van der Waals surface area contributed by atoms with Crippen molar-refractivity contribution in [1.82, 2.24) is 0 Å². The lowest BCUT2D eigenvalue weighted by Gasteiger charge is -2.06. The van der Waals surface area contributed by atoms with Crippen LogP contribution in [-0.2, 0) is 4.79 Å². The minimum Gasteiger partial charge on any atom is -0.508 e. The van der Waals surface area contributed by atoms with Gasteiger partial charge in [-0.1, -0.05) is 18.2 Å². The number of nitrogens with one attached hydrogen (secondary N) is 1. The van der Waals surface area contributed by atoms with Gasteiger partial charge in [-0.3, -0.25) is 14.9 Å². The van der Waals surface area contributed by atoms with Crippen molar-refractivity contribution in [3.05, 3.63) is 58.6 Å². The maximum Gasteiger partial charge on any atom is 0.292 e. The summed E-state index contributed by atoms with van der Waals surface area (Å²) in [7, 11) is 0. The van der Waals surface area contributed by atoms with Crippen LogP contribution in [0.4, 0.5) is 11.4 Å². The molecular formula is C14H12N2O4S. The molecule has 0 fully saturated rings. The van der Waals surface area contributed by atoms with Crippen LogP contribution in [0.1, 0.15) is 0 Å². The van der Waals surface area contributed by atoms with Gasteiger partial charge in [0.15, 0.2) is 0 Å². The molecular weight excluding hydrogens is 292 g/mol. The summed E-state index contributed by atoms with van der Waals surface area (Å²) in [6.07, 6.45) is 0. The lowest BCUT2D eigenvalue weighted by molar-refractivity contribution is -0.383. The average Bonchev–Trinajstić information content (AvgIpc) is 2.45. The van der Waals surface area contributed by atoms with E-state index in [4.69, 9.17) is 0 Å². The molecule has 0 aromatic heterocycles. The van der Waals surface area contributed by atoms with Gasteiger partial charge in [0, 0.05) is 11.0 Å². The molecule has 0 unspecified atom stereocenters. The van der Waals surface area contributed by atoms with E-state index in [0.29, 0.717) is 0 Å². The molecule has 0 saturated heterocycles. The van der Waals surface area contributed by atoms with Crippen LogP contribution in [0.5, 0.6) is 5.75 Å². The van der Waals surface area contributed by atoms with Crippen LogP contribution in [0.3, 0.4) is 0 Å². The average molecular weight is 304 g/mol. The van der Waals surface area contributed by atoms with E-state index < -0.39 is 4.92 Å². The number of phenolic OH excluding ortho intramolecular Hbond substituents is 1. The number of aromatic hydroxyl groups is 1. The minimum atomic E-state index is -0.544. The molecule has 0 spiro atoms. The first-order valence-electron chi connectivity index (χ1n) is 6.01. The Balaban J connectivity index is 1.98. The summed E-state index contributed by atoms with van der Waals surface area (Å²) >= 11 is 1.23. The predicted molar refractivity (Wildman–Crippen MR) is 80.6 cm³/mol. The lowest BCUT2D eigenvalue weighted by Crippen LogP contribution is -2.15. The molecule has 7 heteroatoms. The van der Waals surface area contributed by atoms with Crippen molar-refractivity contribution in [1.29, 1.82) is 0 Å². The molecule has 21 heavy (non-hydrogen) atoms.